The van der Waals surface area contributed by atoms with E-state index in [9.17, 15) is 9.46 Å². The van der Waals surface area contributed by atoms with Crippen LogP contribution in [0.1, 0.15) is 34.7 Å². The monoisotopic (exact) mass is 468 g/mol. The molecule has 4 nitrogen and oxygen atoms in total. The van der Waals surface area contributed by atoms with Crippen LogP contribution in [0.15, 0.2) is 72.8 Å². The Morgan fingerprint density at radius 2 is 1.07 bits per heavy atom. The molecule has 8 heteroatoms. The fourth-order valence-electron chi connectivity index (χ4n) is 3.28. The average molecular weight is 470 g/mol. The lowest BCUT2D eigenvalue weighted by molar-refractivity contribution is -0.195. The Bertz CT molecular complexity index is 1030. The second kappa shape index (κ2) is 8.41. The molecule has 1 aliphatic heterocycles. The minimum atomic E-state index is -4.05. The fraction of sp³-hybridized carbons (Fsp3) is 0.143. The Morgan fingerprint density at radius 3 is 1.48 bits per heavy atom. The zero-order chi connectivity index (χ0) is 20.6. The van der Waals surface area contributed by atoms with E-state index in [0.29, 0.717) is 31.8 Å². The maximum absolute atomic E-state index is 13.6. The van der Waals surface area contributed by atoms with Crippen LogP contribution in [0.4, 0.5) is 0 Å². The summed E-state index contributed by atoms with van der Waals surface area (Å²) in [7, 11) is -4.05. The Morgan fingerprint density at radius 1 is 0.690 bits per heavy atom. The summed E-state index contributed by atoms with van der Waals surface area (Å²) in [5.74, 6) is -2.27. The van der Waals surface area contributed by atoms with Gasteiger partial charge < -0.3 is 14.4 Å². The molecule has 1 aliphatic rings. The summed E-state index contributed by atoms with van der Waals surface area (Å²) in [5.41, 5.74) is 1.62. The summed E-state index contributed by atoms with van der Waals surface area (Å²) < 4.78 is 25.5. The predicted molar refractivity (Wildman–Crippen MR) is 115 cm³/mol. The van der Waals surface area contributed by atoms with Crippen molar-refractivity contribution < 1.29 is 18.9 Å². The fourth-order valence-corrected chi connectivity index (χ4v) is 5.87. The van der Waals surface area contributed by atoms with Crippen LogP contribution < -0.4 is 0 Å². The number of hydrogen-bond donors (Lipinski definition) is 1. The van der Waals surface area contributed by atoms with E-state index in [-0.39, 0.29) is 0 Å². The van der Waals surface area contributed by atoms with Crippen molar-refractivity contribution in [1.29, 1.82) is 0 Å². The lowest BCUT2D eigenvalue weighted by Crippen LogP contribution is -2.25. The molecule has 150 valence electrons. The smallest absolute Gasteiger partial charge is 0.265 e. The summed E-state index contributed by atoms with van der Waals surface area (Å²) in [6, 6.07) is 20.4. The molecule has 0 bridgehead atoms. The van der Waals surface area contributed by atoms with Crippen molar-refractivity contribution in [2.24, 2.45) is 0 Å². The highest BCUT2D eigenvalue weighted by Gasteiger charge is 2.49. The summed E-state index contributed by atoms with van der Waals surface area (Å²) in [5, 5.41) is 1.39. The van der Waals surface area contributed by atoms with E-state index < -0.39 is 25.3 Å². The van der Waals surface area contributed by atoms with Crippen LogP contribution >= 0.6 is 42.2 Å². The van der Waals surface area contributed by atoms with E-state index in [1.165, 1.54) is 0 Å². The van der Waals surface area contributed by atoms with E-state index in [2.05, 4.69) is 0 Å². The third-order valence-corrected chi connectivity index (χ3v) is 7.45. The molecule has 1 fully saturated rings. The molecule has 3 aromatic carbocycles. The van der Waals surface area contributed by atoms with E-state index in [1.54, 1.807) is 72.8 Å². The first-order chi connectivity index (χ1) is 13.8. The molecule has 2 unspecified atom stereocenters. The second-order valence-electron chi connectivity index (χ2n) is 6.65. The van der Waals surface area contributed by atoms with Gasteiger partial charge in [0, 0.05) is 20.6 Å². The molecule has 0 spiro atoms. The van der Waals surface area contributed by atoms with Crippen LogP contribution in [0.3, 0.4) is 0 Å². The van der Waals surface area contributed by atoms with Gasteiger partial charge >= 0.3 is 0 Å². The predicted octanol–water partition coefficient (Wildman–Crippen LogP) is 7.36. The SMILES string of the molecule is O=P1(O)[C@@H](c2cccc(Cl)c2)OC(c2cccc(Cl)c2)O[C@H]1c1cccc(Cl)c1. The van der Waals surface area contributed by atoms with Gasteiger partial charge in [0.05, 0.1) is 0 Å². The lowest BCUT2D eigenvalue weighted by Gasteiger charge is -2.39. The number of benzene rings is 3. The molecule has 0 aliphatic carbocycles. The topological polar surface area (TPSA) is 55.8 Å². The Balaban J connectivity index is 1.82. The summed E-state index contributed by atoms with van der Waals surface area (Å²) >= 11 is 18.3. The van der Waals surface area contributed by atoms with Crippen molar-refractivity contribution in [2.45, 2.75) is 18.0 Å². The van der Waals surface area contributed by atoms with Gasteiger partial charge in [-0.15, -0.1) is 0 Å². The van der Waals surface area contributed by atoms with Crippen LogP contribution in [0.25, 0.3) is 0 Å². The summed E-state index contributed by atoms with van der Waals surface area (Å²) in [6.45, 7) is 0. The van der Waals surface area contributed by atoms with E-state index in [1.807, 2.05) is 0 Å². The van der Waals surface area contributed by atoms with Crippen molar-refractivity contribution in [3.8, 4) is 0 Å². The molecular formula is C21H16Cl3O4P. The molecule has 0 radical (unpaired) electrons. The third-order valence-electron chi connectivity index (χ3n) is 4.57. The Kier molecular flexibility index (Phi) is 6.06. The van der Waals surface area contributed by atoms with Crippen LogP contribution in [0, 0.1) is 0 Å². The molecule has 1 saturated heterocycles. The van der Waals surface area contributed by atoms with E-state index in [4.69, 9.17) is 44.3 Å². The van der Waals surface area contributed by atoms with Gasteiger partial charge in [0.25, 0.3) is 7.37 Å². The van der Waals surface area contributed by atoms with Gasteiger partial charge in [-0.3, -0.25) is 4.57 Å². The Hall–Kier alpha value is -1.36. The second-order valence-corrected chi connectivity index (χ2v) is 10.2. The highest BCUT2D eigenvalue weighted by molar-refractivity contribution is 7.58. The first kappa shape index (κ1) is 20.9. The van der Waals surface area contributed by atoms with Gasteiger partial charge in [0.1, 0.15) is 0 Å². The quantitative estimate of drug-likeness (QED) is 0.407. The maximum Gasteiger partial charge on any atom is 0.265 e. The first-order valence-corrected chi connectivity index (χ1v) is 11.7. The number of rotatable bonds is 3. The van der Waals surface area contributed by atoms with Crippen molar-refractivity contribution in [1.82, 2.24) is 0 Å². The van der Waals surface area contributed by atoms with Crippen molar-refractivity contribution >= 4 is 42.2 Å². The molecule has 4 rings (SSSR count). The normalized spacial score (nSPS) is 27.0. The van der Waals surface area contributed by atoms with Crippen LogP contribution in [0.2, 0.25) is 15.1 Å². The van der Waals surface area contributed by atoms with Crippen molar-refractivity contribution in [3.05, 3.63) is 105 Å². The van der Waals surface area contributed by atoms with Crippen molar-refractivity contribution in [2.75, 3.05) is 0 Å². The maximum atomic E-state index is 13.6. The largest absolute Gasteiger partial charge is 0.340 e. The number of ether oxygens (including phenoxy) is 2. The number of hydrogen-bond acceptors (Lipinski definition) is 3. The average Bonchev–Trinajstić information content (AvgIpc) is 2.67. The summed E-state index contributed by atoms with van der Waals surface area (Å²) in [4.78, 5) is 11.1. The molecule has 29 heavy (non-hydrogen) atoms. The van der Waals surface area contributed by atoms with Gasteiger partial charge in [-0.1, -0.05) is 71.2 Å². The number of halogens is 3. The molecule has 1 N–H and O–H groups in total. The van der Waals surface area contributed by atoms with Crippen LogP contribution in [0.5, 0.6) is 0 Å². The highest BCUT2D eigenvalue weighted by Crippen LogP contribution is 2.71. The standard InChI is InChI=1S/C21H16Cl3O4P/c22-16-7-1-4-13(10-16)19-27-20(14-5-2-8-17(23)11-14)29(25,26)21(28-19)15-6-3-9-18(24)12-15/h1-12,19-21H,(H,25,26)/t19?,20-,21+. The minimum Gasteiger partial charge on any atom is -0.340 e. The molecular weight excluding hydrogens is 454 g/mol. The van der Waals surface area contributed by atoms with Gasteiger partial charge in [-0.05, 0) is 47.5 Å². The molecule has 3 aromatic rings. The molecule has 0 saturated carbocycles. The molecule has 0 aromatic heterocycles. The lowest BCUT2D eigenvalue weighted by atomic mass is 10.2. The third kappa shape index (κ3) is 4.40. The van der Waals surface area contributed by atoms with E-state index in [0.717, 1.165) is 0 Å². The minimum absolute atomic E-state index is 0.441. The Labute approximate surface area is 183 Å². The van der Waals surface area contributed by atoms with Crippen LogP contribution in [-0.2, 0) is 14.0 Å². The zero-order valence-corrected chi connectivity index (χ0v) is 18.1. The molecule has 1 heterocycles. The van der Waals surface area contributed by atoms with Gasteiger partial charge in [-0.2, -0.15) is 0 Å². The van der Waals surface area contributed by atoms with E-state index >= 15 is 0 Å². The molecule has 4 atom stereocenters. The van der Waals surface area contributed by atoms with Crippen molar-refractivity contribution in [3.63, 3.8) is 0 Å². The van der Waals surface area contributed by atoms with Gasteiger partial charge in [-0.25, -0.2) is 0 Å². The highest BCUT2D eigenvalue weighted by atomic mass is 35.5. The van der Waals surface area contributed by atoms with Gasteiger partial charge in [0.2, 0.25) is 0 Å². The summed E-state index contributed by atoms with van der Waals surface area (Å²) in [6.07, 6.45) is -0.907. The first-order valence-electron chi connectivity index (χ1n) is 8.74. The zero-order valence-electron chi connectivity index (χ0n) is 14.9. The van der Waals surface area contributed by atoms with Gasteiger partial charge in [0.15, 0.2) is 18.0 Å². The molecule has 0 amide bonds. The van der Waals surface area contributed by atoms with Crippen LogP contribution in [-0.4, -0.2) is 4.89 Å².